The summed E-state index contributed by atoms with van der Waals surface area (Å²) < 4.78 is 30.7. The molecule has 7 aliphatic rings. The number of carbonyl (C=O) groups excluding carboxylic acids is 3. The van der Waals surface area contributed by atoms with Crippen LogP contribution in [0, 0.1) is 11.3 Å². The van der Waals surface area contributed by atoms with Crippen molar-refractivity contribution in [3.8, 4) is 5.75 Å². The second-order valence-corrected chi connectivity index (χ2v) is 18.3. The number of para-hydroxylation sites is 1. The van der Waals surface area contributed by atoms with Gasteiger partial charge in [0.1, 0.15) is 16.8 Å². The standard InChI is InChI=1S/C46H56N4O9/c1-8-42-16-12-18-50-20-17-44(37(42)50)30-21-31(34(55-5)22-33(30)48(4)38(44)46(54,41(53)57-7)39(42)58-26(3)51)45(40(52)56-6)23-27-24-49(25-43(9-2)36(27)59-43)19-15-29-28-13-10-11-14-32(28)47-35(29)45/h10-14,16,21-22,27,36-39,47,54H,8-9,15,17-20,23-25H2,1-7H3/t27-,36+,37-,38+,39-,42+,43-,44+,45-,46+/m1/s1. The molecule has 2 aromatic carbocycles. The average Bonchev–Trinajstić information content (AvgIpc) is 3.53. The lowest BCUT2D eigenvalue weighted by molar-refractivity contribution is -0.228. The fourth-order valence-corrected chi connectivity index (χ4v) is 13.9. The van der Waals surface area contributed by atoms with E-state index in [0.717, 1.165) is 59.5 Å². The number of methoxy groups -OCH3 is 3. The van der Waals surface area contributed by atoms with Gasteiger partial charge in [0.15, 0.2) is 6.10 Å². The molecule has 13 heteroatoms. The van der Waals surface area contributed by atoms with Gasteiger partial charge in [-0.3, -0.25) is 19.4 Å². The van der Waals surface area contributed by atoms with Gasteiger partial charge in [0, 0.05) is 96.9 Å². The Morgan fingerprint density at radius 2 is 1.78 bits per heavy atom. The third kappa shape index (κ3) is 4.73. The number of hydrogen-bond donors (Lipinski definition) is 2. The van der Waals surface area contributed by atoms with Crippen LogP contribution in [0.2, 0.25) is 0 Å². The molecule has 1 aliphatic carbocycles. The predicted molar refractivity (Wildman–Crippen MR) is 218 cm³/mol. The number of H-pyrrole nitrogens is 1. The number of ether oxygens (including phenoxy) is 5. The Morgan fingerprint density at radius 3 is 2.49 bits per heavy atom. The zero-order valence-electron chi connectivity index (χ0n) is 35.1. The molecule has 6 aliphatic heterocycles. The molecule has 1 aromatic heterocycles. The number of rotatable bonds is 7. The third-order valence-electron chi connectivity index (χ3n) is 16.0. The van der Waals surface area contributed by atoms with Crippen molar-refractivity contribution in [1.29, 1.82) is 0 Å². The van der Waals surface area contributed by atoms with Crippen LogP contribution in [-0.4, -0.2) is 134 Å². The molecular formula is C46H56N4O9. The van der Waals surface area contributed by atoms with Crippen molar-refractivity contribution in [3.05, 3.63) is 70.9 Å². The summed E-state index contributed by atoms with van der Waals surface area (Å²) in [5, 5.41) is 14.4. The number of nitrogens with zero attached hydrogens (tertiary/aromatic N) is 3. The van der Waals surface area contributed by atoms with Crippen molar-refractivity contribution >= 4 is 34.5 Å². The molecule has 13 nitrogen and oxygen atoms in total. The number of likely N-dealkylation sites (N-methyl/N-ethyl adjacent to an activating group) is 1. The lowest BCUT2D eigenvalue weighted by Crippen LogP contribution is -2.81. The Labute approximate surface area is 344 Å². The highest BCUT2D eigenvalue weighted by atomic mass is 16.6. The van der Waals surface area contributed by atoms with E-state index in [0.29, 0.717) is 50.1 Å². The summed E-state index contributed by atoms with van der Waals surface area (Å²) in [6, 6.07) is 11.2. The summed E-state index contributed by atoms with van der Waals surface area (Å²) in [6.45, 7) is 9.32. The third-order valence-corrected chi connectivity index (χ3v) is 16.0. The lowest BCUT2D eigenvalue weighted by atomic mass is 9.47. The molecule has 1 unspecified atom stereocenters. The zero-order valence-corrected chi connectivity index (χ0v) is 35.1. The first-order chi connectivity index (χ1) is 28.3. The fourth-order valence-electron chi connectivity index (χ4n) is 13.9. The molecule has 0 amide bonds. The molecular weight excluding hydrogens is 753 g/mol. The fraction of sp³-hybridized carbons (Fsp3) is 0.587. The molecule has 59 heavy (non-hydrogen) atoms. The SMILES string of the molecule is CC[C@@]12CN3CCc4c([nH]c5ccccc45)[C@](C(=O)OC)(c4cc5c(cc4OC)N(C)[C@@H]4[C@@](O)(C(=O)OC)[C@H](OC(C)=O)[C@@]6(CC)C=CCN7CC[C@@]54[C@H]76)C[C@H](C3)[C@@H]1O2. The van der Waals surface area contributed by atoms with Crippen LogP contribution in [0.3, 0.4) is 0 Å². The first-order valence-corrected chi connectivity index (χ1v) is 21.3. The maximum absolute atomic E-state index is 15.4. The Kier molecular flexibility index (Phi) is 8.56. The van der Waals surface area contributed by atoms with Gasteiger partial charge in [-0.05, 0) is 61.9 Å². The van der Waals surface area contributed by atoms with E-state index in [2.05, 4.69) is 52.1 Å². The maximum Gasteiger partial charge on any atom is 0.344 e. The minimum atomic E-state index is -2.29. The van der Waals surface area contributed by atoms with Crippen molar-refractivity contribution in [2.24, 2.45) is 11.3 Å². The Hall–Kier alpha value is -4.43. The number of nitrogens with one attached hydrogen (secondary N) is 1. The molecule has 2 bridgehead atoms. The van der Waals surface area contributed by atoms with Crippen molar-refractivity contribution in [2.45, 2.75) is 99.2 Å². The number of anilines is 1. The van der Waals surface area contributed by atoms with Crippen LogP contribution in [0.25, 0.3) is 10.9 Å². The topological polar surface area (TPSA) is 146 Å². The van der Waals surface area contributed by atoms with Crippen LogP contribution in [0.4, 0.5) is 5.69 Å². The highest BCUT2D eigenvalue weighted by molar-refractivity contribution is 5.95. The molecule has 11 atom stereocenters. The number of aromatic amines is 1. The minimum absolute atomic E-state index is 0.00603. The number of fused-ring (bicyclic) bond motifs is 8. The number of epoxide rings is 1. The minimum Gasteiger partial charge on any atom is -0.496 e. The quantitative estimate of drug-likeness (QED) is 0.154. The first-order valence-electron chi connectivity index (χ1n) is 21.3. The van der Waals surface area contributed by atoms with Gasteiger partial charge >= 0.3 is 17.9 Å². The lowest BCUT2D eigenvalue weighted by Gasteiger charge is -2.63. The summed E-state index contributed by atoms with van der Waals surface area (Å²) in [4.78, 5) is 53.5. The van der Waals surface area contributed by atoms with Gasteiger partial charge < -0.3 is 38.7 Å². The molecule has 4 fully saturated rings. The number of hydrogen-bond acceptors (Lipinski definition) is 12. The maximum atomic E-state index is 15.4. The van der Waals surface area contributed by atoms with Gasteiger partial charge in [0.2, 0.25) is 5.60 Å². The van der Waals surface area contributed by atoms with Gasteiger partial charge in [-0.15, -0.1) is 0 Å². The Balaban J connectivity index is 1.28. The van der Waals surface area contributed by atoms with Gasteiger partial charge in [-0.25, -0.2) is 4.79 Å². The number of piperidine rings is 1. The van der Waals surface area contributed by atoms with Crippen molar-refractivity contribution in [2.75, 3.05) is 66.0 Å². The van der Waals surface area contributed by atoms with Crippen LogP contribution in [0.1, 0.15) is 68.8 Å². The first kappa shape index (κ1) is 38.8. The normalized spacial score (nSPS) is 38.7. The second kappa shape index (κ2) is 13.0. The molecule has 2 N–H and O–H groups in total. The van der Waals surface area contributed by atoms with Gasteiger partial charge in [-0.2, -0.15) is 0 Å². The number of carbonyl (C=O) groups is 3. The predicted octanol–water partition coefficient (Wildman–Crippen LogP) is 4.01. The monoisotopic (exact) mass is 808 g/mol. The summed E-state index contributed by atoms with van der Waals surface area (Å²) >= 11 is 0. The Morgan fingerprint density at radius 1 is 1.00 bits per heavy atom. The number of benzene rings is 2. The van der Waals surface area contributed by atoms with Crippen molar-refractivity contribution in [1.82, 2.24) is 14.8 Å². The van der Waals surface area contributed by atoms with E-state index in [1.54, 1.807) is 7.11 Å². The zero-order chi connectivity index (χ0) is 41.4. The molecule has 1 spiro atoms. The molecule has 3 aromatic rings. The van der Waals surface area contributed by atoms with Crippen molar-refractivity contribution in [3.63, 3.8) is 0 Å². The van der Waals surface area contributed by atoms with E-state index in [9.17, 15) is 14.7 Å². The van der Waals surface area contributed by atoms with Gasteiger partial charge in [0.25, 0.3) is 0 Å². The highest BCUT2D eigenvalue weighted by Gasteiger charge is 2.80. The van der Waals surface area contributed by atoms with E-state index >= 15 is 4.79 Å². The number of esters is 3. The molecule has 1 saturated carbocycles. The Bertz CT molecular complexity index is 2310. The molecule has 3 saturated heterocycles. The van der Waals surface area contributed by atoms with E-state index in [1.165, 1.54) is 21.1 Å². The summed E-state index contributed by atoms with van der Waals surface area (Å²) in [7, 11) is 6.23. The molecule has 0 radical (unpaired) electrons. The van der Waals surface area contributed by atoms with Crippen LogP contribution in [-0.2, 0) is 50.6 Å². The summed E-state index contributed by atoms with van der Waals surface area (Å²) in [5.74, 6) is -1.37. The van der Waals surface area contributed by atoms with Crippen LogP contribution in [0.5, 0.6) is 5.75 Å². The smallest absolute Gasteiger partial charge is 0.344 e. The largest absolute Gasteiger partial charge is 0.496 e. The van der Waals surface area contributed by atoms with Gasteiger partial charge in [0.05, 0.1) is 33.5 Å². The van der Waals surface area contributed by atoms with E-state index in [4.69, 9.17) is 23.7 Å². The molecule has 10 rings (SSSR count). The average molecular weight is 809 g/mol. The second-order valence-electron chi connectivity index (χ2n) is 18.3. The molecule has 7 heterocycles. The van der Waals surface area contributed by atoms with E-state index in [1.807, 2.05) is 37.1 Å². The molecule has 314 valence electrons. The van der Waals surface area contributed by atoms with Crippen LogP contribution in [0.15, 0.2) is 48.6 Å². The highest BCUT2D eigenvalue weighted by Crippen LogP contribution is 2.68. The van der Waals surface area contributed by atoms with Crippen LogP contribution < -0.4 is 9.64 Å². The summed E-state index contributed by atoms with van der Waals surface area (Å²) in [5.41, 5.74) is -0.627. The number of aliphatic hydroxyl groups is 1. The van der Waals surface area contributed by atoms with Crippen LogP contribution >= 0.6 is 0 Å². The van der Waals surface area contributed by atoms with Gasteiger partial charge in [-0.1, -0.05) is 44.2 Å². The van der Waals surface area contributed by atoms with E-state index < -0.39 is 51.9 Å². The van der Waals surface area contributed by atoms with Crippen molar-refractivity contribution < 1.29 is 43.2 Å². The number of aromatic nitrogens is 1. The summed E-state index contributed by atoms with van der Waals surface area (Å²) in [6.07, 6.45) is 5.94. The van der Waals surface area contributed by atoms with E-state index in [-0.39, 0.29) is 23.7 Å².